The van der Waals surface area contributed by atoms with Gasteiger partial charge in [-0.05, 0) is 67.2 Å². The first-order chi connectivity index (χ1) is 14.9. The zero-order chi connectivity index (χ0) is 22.0. The van der Waals surface area contributed by atoms with Gasteiger partial charge in [0, 0.05) is 13.1 Å². The Hall–Kier alpha value is -2.00. The molecule has 0 saturated carbocycles. The van der Waals surface area contributed by atoms with Crippen LogP contribution >= 0.6 is 34.7 Å². The molecule has 0 atom stereocenters. The minimum Gasteiger partial charge on any atom is -0.337 e. The summed E-state index contributed by atoms with van der Waals surface area (Å²) in [7, 11) is 0. The number of nitrogens with one attached hydrogen (secondary N) is 2. The van der Waals surface area contributed by atoms with E-state index in [-0.39, 0.29) is 26.8 Å². The molecule has 0 bridgehead atoms. The summed E-state index contributed by atoms with van der Waals surface area (Å²) in [6.45, 7) is 2.18. The van der Waals surface area contributed by atoms with Gasteiger partial charge in [-0.15, -0.1) is 0 Å². The van der Waals surface area contributed by atoms with Crippen molar-refractivity contribution in [1.29, 1.82) is 0 Å². The van der Waals surface area contributed by atoms with Crippen molar-refractivity contribution in [3.05, 3.63) is 56.8 Å². The van der Waals surface area contributed by atoms with Crippen LogP contribution in [0.5, 0.6) is 0 Å². The molecule has 10 heteroatoms. The third-order valence-electron chi connectivity index (χ3n) is 5.74. The summed E-state index contributed by atoms with van der Waals surface area (Å²) in [4.78, 5) is 28.2. The number of carbonyl (C=O) groups excluding carboxylic acids is 2. The lowest BCUT2D eigenvalue weighted by Crippen LogP contribution is -2.64. The van der Waals surface area contributed by atoms with Gasteiger partial charge in [0.1, 0.15) is 20.7 Å². The van der Waals surface area contributed by atoms with Gasteiger partial charge >= 0.3 is 0 Å². The molecular formula is C21H21Cl2FN4O2S. The molecule has 2 aliphatic heterocycles. The first-order valence-corrected chi connectivity index (χ1v) is 11.5. The third kappa shape index (κ3) is 4.62. The number of rotatable bonds is 4. The molecule has 0 radical (unpaired) electrons. The van der Waals surface area contributed by atoms with E-state index < -0.39 is 11.4 Å². The van der Waals surface area contributed by atoms with Gasteiger partial charge in [0.15, 0.2) is 5.69 Å². The van der Waals surface area contributed by atoms with Crippen molar-refractivity contribution < 1.29 is 14.0 Å². The standard InChI is InChI=1S/C21H21Cl2FN4O2S/c22-16-17(27-31-18(16)23)19(29)26-21(7-9-25-10-8-21)20(30)28-11-5-14(6-12-28)13-1-3-15(24)4-2-13/h1-5,25H,6-12H2,(H,26,29). The van der Waals surface area contributed by atoms with Gasteiger partial charge in [-0.2, -0.15) is 4.37 Å². The Balaban J connectivity index is 1.51. The topological polar surface area (TPSA) is 74.3 Å². The van der Waals surface area contributed by atoms with Crippen molar-refractivity contribution in [1.82, 2.24) is 19.9 Å². The Kier molecular flexibility index (Phi) is 6.62. The molecule has 6 nitrogen and oxygen atoms in total. The van der Waals surface area contributed by atoms with E-state index in [2.05, 4.69) is 15.0 Å². The molecule has 1 aromatic carbocycles. The second-order valence-corrected chi connectivity index (χ2v) is 9.40. The van der Waals surface area contributed by atoms with Crippen LogP contribution in [0.2, 0.25) is 9.36 Å². The van der Waals surface area contributed by atoms with E-state index in [1.54, 1.807) is 17.0 Å². The highest BCUT2D eigenvalue weighted by Gasteiger charge is 2.44. The molecule has 0 unspecified atom stereocenters. The molecule has 164 valence electrons. The van der Waals surface area contributed by atoms with E-state index in [0.29, 0.717) is 45.4 Å². The number of piperidine rings is 1. The Morgan fingerprint density at radius 3 is 2.48 bits per heavy atom. The number of halogens is 3. The fourth-order valence-electron chi connectivity index (χ4n) is 4.00. The number of amides is 2. The maximum Gasteiger partial charge on any atom is 0.273 e. The Labute approximate surface area is 193 Å². The van der Waals surface area contributed by atoms with Crippen molar-refractivity contribution in [3.8, 4) is 0 Å². The highest BCUT2D eigenvalue weighted by molar-refractivity contribution is 7.11. The maximum atomic E-state index is 13.5. The fourth-order valence-corrected chi connectivity index (χ4v) is 5.00. The molecule has 1 aromatic heterocycles. The number of benzene rings is 1. The predicted molar refractivity (Wildman–Crippen MR) is 120 cm³/mol. The molecule has 2 amide bonds. The quantitative estimate of drug-likeness (QED) is 0.695. The van der Waals surface area contributed by atoms with Crippen LogP contribution in [-0.4, -0.2) is 52.8 Å². The van der Waals surface area contributed by atoms with Gasteiger partial charge in [-0.1, -0.05) is 41.4 Å². The van der Waals surface area contributed by atoms with E-state index in [1.165, 1.54) is 12.1 Å². The lowest BCUT2D eigenvalue weighted by molar-refractivity contribution is -0.138. The summed E-state index contributed by atoms with van der Waals surface area (Å²) in [5.41, 5.74) is 1.05. The van der Waals surface area contributed by atoms with Crippen LogP contribution in [0.3, 0.4) is 0 Å². The zero-order valence-corrected chi connectivity index (χ0v) is 18.9. The number of aromatic nitrogens is 1. The van der Waals surface area contributed by atoms with E-state index in [1.807, 2.05) is 6.08 Å². The molecule has 1 saturated heterocycles. The monoisotopic (exact) mass is 482 g/mol. The highest BCUT2D eigenvalue weighted by atomic mass is 35.5. The summed E-state index contributed by atoms with van der Waals surface area (Å²) in [5, 5.41) is 6.25. The number of carbonyl (C=O) groups is 2. The van der Waals surface area contributed by atoms with E-state index in [4.69, 9.17) is 23.2 Å². The van der Waals surface area contributed by atoms with Crippen LogP contribution in [0.1, 0.15) is 35.3 Å². The Bertz CT molecular complexity index is 1020. The van der Waals surface area contributed by atoms with Crippen molar-refractivity contribution in [2.24, 2.45) is 0 Å². The number of hydrogen-bond acceptors (Lipinski definition) is 5. The maximum absolute atomic E-state index is 13.5. The minimum atomic E-state index is -1.02. The van der Waals surface area contributed by atoms with E-state index in [0.717, 1.165) is 22.7 Å². The van der Waals surface area contributed by atoms with Gasteiger partial charge in [-0.3, -0.25) is 9.59 Å². The SMILES string of the molecule is O=C(NC1(C(=O)N2CC=C(c3ccc(F)cc3)CC2)CCNCC1)c1nsc(Cl)c1Cl. The van der Waals surface area contributed by atoms with Crippen LogP contribution in [0.4, 0.5) is 4.39 Å². The summed E-state index contributed by atoms with van der Waals surface area (Å²) >= 11 is 13.0. The van der Waals surface area contributed by atoms with Gasteiger partial charge < -0.3 is 15.5 Å². The van der Waals surface area contributed by atoms with Gasteiger partial charge in [0.25, 0.3) is 5.91 Å². The summed E-state index contributed by atoms with van der Waals surface area (Å²) in [6.07, 6.45) is 3.59. The largest absolute Gasteiger partial charge is 0.337 e. The molecule has 31 heavy (non-hydrogen) atoms. The van der Waals surface area contributed by atoms with Crippen LogP contribution in [0.15, 0.2) is 30.3 Å². The molecule has 4 rings (SSSR count). The Morgan fingerprint density at radius 2 is 1.90 bits per heavy atom. The van der Waals surface area contributed by atoms with Crippen molar-refractivity contribution >= 4 is 52.1 Å². The summed E-state index contributed by atoms with van der Waals surface area (Å²) < 4.78 is 17.5. The highest BCUT2D eigenvalue weighted by Crippen LogP contribution is 2.31. The second-order valence-electron chi connectivity index (χ2n) is 7.64. The number of nitrogens with zero attached hydrogens (tertiary/aromatic N) is 2. The van der Waals surface area contributed by atoms with Crippen LogP contribution in [-0.2, 0) is 4.79 Å². The smallest absolute Gasteiger partial charge is 0.273 e. The molecule has 0 spiro atoms. The fraction of sp³-hybridized carbons (Fsp3) is 0.381. The average molecular weight is 483 g/mol. The first kappa shape index (κ1) is 22.2. The van der Waals surface area contributed by atoms with Gasteiger partial charge in [0.2, 0.25) is 5.91 Å². The molecule has 2 aromatic rings. The van der Waals surface area contributed by atoms with Crippen LogP contribution in [0, 0.1) is 5.82 Å². The molecule has 0 aliphatic carbocycles. The molecule has 1 fully saturated rings. The average Bonchev–Trinajstić information content (AvgIpc) is 3.13. The van der Waals surface area contributed by atoms with Crippen molar-refractivity contribution in [2.45, 2.75) is 24.8 Å². The zero-order valence-electron chi connectivity index (χ0n) is 16.6. The van der Waals surface area contributed by atoms with Gasteiger partial charge in [-0.25, -0.2) is 4.39 Å². The second kappa shape index (κ2) is 9.24. The molecular weight excluding hydrogens is 462 g/mol. The lowest BCUT2D eigenvalue weighted by atomic mass is 9.85. The molecule has 3 heterocycles. The van der Waals surface area contributed by atoms with Crippen LogP contribution < -0.4 is 10.6 Å². The normalized spacial score (nSPS) is 18.4. The van der Waals surface area contributed by atoms with Gasteiger partial charge in [0.05, 0.1) is 0 Å². The molecule has 2 aliphatic rings. The lowest BCUT2D eigenvalue weighted by Gasteiger charge is -2.41. The summed E-state index contributed by atoms with van der Waals surface area (Å²) in [6, 6.07) is 6.36. The van der Waals surface area contributed by atoms with E-state index >= 15 is 0 Å². The van der Waals surface area contributed by atoms with Crippen LogP contribution in [0.25, 0.3) is 5.57 Å². The van der Waals surface area contributed by atoms with E-state index in [9.17, 15) is 14.0 Å². The predicted octanol–water partition coefficient (Wildman–Crippen LogP) is 3.76. The third-order valence-corrected chi connectivity index (χ3v) is 7.35. The molecule has 2 N–H and O–H groups in total. The number of hydrogen-bond donors (Lipinski definition) is 2. The van der Waals surface area contributed by atoms with Crippen molar-refractivity contribution in [3.63, 3.8) is 0 Å². The Morgan fingerprint density at radius 1 is 1.19 bits per heavy atom. The first-order valence-electron chi connectivity index (χ1n) is 9.98. The minimum absolute atomic E-state index is 0.0412. The van der Waals surface area contributed by atoms with Crippen molar-refractivity contribution in [2.75, 3.05) is 26.2 Å². The summed E-state index contributed by atoms with van der Waals surface area (Å²) in [5.74, 6) is -0.890.